The number of ether oxygens (including phenoxy) is 1. The lowest BCUT2D eigenvalue weighted by atomic mass is 9.91. The van der Waals surface area contributed by atoms with E-state index in [1.165, 1.54) is 7.11 Å². The van der Waals surface area contributed by atoms with E-state index in [0.717, 1.165) is 25.8 Å². The standard InChI is InChI=1S/C22H32FN3O4/c1-5-6-7-9-25-30-15-8-10-26(13-15)20(22(27)28)17-11-16(14(2)3)18(12-24)19(23)21(17)29-4/h11,14-15,20,25H,5-10,13H2,1-4H3,(H,27,28)/t15?,20-/m0/s1. The molecule has 2 atom stereocenters. The van der Waals surface area contributed by atoms with Crippen LogP contribution < -0.4 is 10.2 Å². The van der Waals surface area contributed by atoms with Gasteiger partial charge in [-0.15, -0.1) is 0 Å². The van der Waals surface area contributed by atoms with Gasteiger partial charge in [0, 0.05) is 25.2 Å². The summed E-state index contributed by atoms with van der Waals surface area (Å²) >= 11 is 0. The molecule has 30 heavy (non-hydrogen) atoms. The fourth-order valence-corrected chi connectivity index (χ4v) is 3.85. The number of carboxylic acids is 1. The van der Waals surface area contributed by atoms with Crippen LogP contribution in [0.1, 0.15) is 75.1 Å². The molecule has 1 heterocycles. The molecule has 1 saturated heterocycles. The smallest absolute Gasteiger partial charge is 0.325 e. The monoisotopic (exact) mass is 421 g/mol. The molecule has 166 valence electrons. The molecule has 2 N–H and O–H groups in total. The number of nitrogens with zero attached hydrogens (tertiary/aromatic N) is 2. The average Bonchev–Trinajstić information content (AvgIpc) is 3.15. The normalized spacial score (nSPS) is 17.8. The quantitative estimate of drug-likeness (QED) is 0.415. The van der Waals surface area contributed by atoms with Gasteiger partial charge in [0.25, 0.3) is 0 Å². The molecule has 1 aliphatic rings. The Morgan fingerprint density at radius 3 is 2.73 bits per heavy atom. The van der Waals surface area contributed by atoms with E-state index in [2.05, 4.69) is 12.4 Å². The summed E-state index contributed by atoms with van der Waals surface area (Å²) in [7, 11) is 1.28. The number of carbonyl (C=O) groups is 1. The van der Waals surface area contributed by atoms with E-state index in [4.69, 9.17) is 9.57 Å². The minimum Gasteiger partial charge on any atom is -0.493 e. The number of aliphatic carboxylic acids is 1. The number of nitrogens with one attached hydrogen (secondary N) is 1. The van der Waals surface area contributed by atoms with Crippen LogP contribution in [0, 0.1) is 17.1 Å². The van der Waals surface area contributed by atoms with E-state index in [1.54, 1.807) is 11.0 Å². The molecule has 0 spiro atoms. The Labute approximate surface area is 177 Å². The molecule has 1 fully saturated rings. The fourth-order valence-electron chi connectivity index (χ4n) is 3.85. The number of nitriles is 1. The Hall–Kier alpha value is -2.21. The first-order valence-electron chi connectivity index (χ1n) is 10.5. The molecule has 1 aromatic rings. The van der Waals surface area contributed by atoms with E-state index >= 15 is 4.39 Å². The zero-order chi connectivity index (χ0) is 22.3. The molecular weight excluding hydrogens is 389 g/mol. The second kappa shape index (κ2) is 11.3. The molecular formula is C22H32FN3O4. The van der Waals surface area contributed by atoms with Gasteiger partial charge in [0.05, 0.1) is 18.8 Å². The third-order valence-electron chi connectivity index (χ3n) is 5.42. The minimum absolute atomic E-state index is 0.103. The van der Waals surface area contributed by atoms with Crippen molar-refractivity contribution in [1.82, 2.24) is 10.4 Å². The van der Waals surface area contributed by atoms with Gasteiger partial charge in [0.2, 0.25) is 0 Å². The van der Waals surface area contributed by atoms with Crippen LogP contribution in [0.2, 0.25) is 0 Å². The number of unbranched alkanes of at least 4 members (excludes halogenated alkanes) is 2. The zero-order valence-corrected chi connectivity index (χ0v) is 18.2. The number of carboxylic acid groups (broad SMARTS) is 1. The molecule has 0 bridgehead atoms. The van der Waals surface area contributed by atoms with Crippen LogP contribution in [0.4, 0.5) is 4.39 Å². The van der Waals surface area contributed by atoms with Crippen LogP contribution in [0.15, 0.2) is 6.07 Å². The Morgan fingerprint density at radius 1 is 1.43 bits per heavy atom. The van der Waals surface area contributed by atoms with Crippen LogP contribution in [0.25, 0.3) is 0 Å². The number of benzene rings is 1. The summed E-state index contributed by atoms with van der Waals surface area (Å²) in [5.74, 6) is -2.23. The highest BCUT2D eigenvalue weighted by Crippen LogP contribution is 2.38. The molecule has 1 aromatic carbocycles. The Balaban J connectivity index is 2.27. The van der Waals surface area contributed by atoms with Crippen LogP contribution in [0.3, 0.4) is 0 Å². The lowest BCUT2D eigenvalue weighted by Crippen LogP contribution is -2.35. The van der Waals surface area contributed by atoms with Crippen molar-refractivity contribution < 1.29 is 23.9 Å². The molecule has 0 amide bonds. The number of likely N-dealkylation sites (tertiary alicyclic amines) is 1. The summed E-state index contributed by atoms with van der Waals surface area (Å²) in [6, 6.07) is 2.39. The van der Waals surface area contributed by atoms with Gasteiger partial charge in [-0.25, -0.2) is 9.87 Å². The number of rotatable bonds is 11. The first kappa shape index (κ1) is 24.1. The van der Waals surface area contributed by atoms with Crippen molar-refractivity contribution in [1.29, 1.82) is 5.26 Å². The maximum Gasteiger partial charge on any atom is 0.325 e. The average molecular weight is 422 g/mol. The zero-order valence-electron chi connectivity index (χ0n) is 18.2. The van der Waals surface area contributed by atoms with Crippen molar-refractivity contribution in [2.45, 2.75) is 64.5 Å². The second-order valence-electron chi connectivity index (χ2n) is 7.91. The van der Waals surface area contributed by atoms with E-state index in [-0.39, 0.29) is 28.9 Å². The molecule has 2 rings (SSSR count). The summed E-state index contributed by atoms with van der Waals surface area (Å²) in [6.07, 6.45) is 3.79. The molecule has 1 aliphatic heterocycles. The Kier molecular flexibility index (Phi) is 9.03. The van der Waals surface area contributed by atoms with E-state index in [9.17, 15) is 15.2 Å². The Bertz CT molecular complexity index is 779. The largest absolute Gasteiger partial charge is 0.493 e. The van der Waals surface area contributed by atoms with Crippen molar-refractivity contribution in [2.24, 2.45) is 0 Å². The summed E-state index contributed by atoms with van der Waals surface area (Å²) in [6.45, 7) is 7.46. The van der Waals surface area contributed by atoms with Gasteiger partial charge in [0.15, 0.2) is 11.6 Å². The van der Waals surface area contributed by atoms with Crippen molar-refractivity contribution in [3.8, 4) is 11.8 Å². The lowest BCUT2D eigenvalue weighted by Gasteiger charge is -2.27. The lowest BCUT2D eigenvalue weighted by molar-refractivity contribution is -0.143. The van der Waals surface area contributed by atoms with Gasteiger partial charge >= 0.3 is 5.97 Å². The van der Waals surface area contributed by atoms with Gasteiger partial charge in [-0.05, 0) is 30.4 Å². The summed E-state index contributed by atoms with van der Waals surface area (Å²) in [5, 5.41) is 19.4. The van der Waals surface area contributed by atoms with Gasteiger partial charge in [-0.2, -0.15) is 5.26 Å². The highest BCUT2D eigenvalue weighted by molar-refractivity contribution is 5.77. The summed E-state index contributed by atoms with van der Waals surface area (Å²) < 4.78 is 20.2. The first-order valence-corrected chi connectivity index (χ1v) is 10.5. The molecule has 8 heteroatoms. The molecule has 0 aliphatic carbocycles. The van der Waals surface area contributed by atoms with Crippen molar-refractivity contribution in [3.63, 3.8) is 0 Å². The number of methoxy groups -OCH3 is 1. The van der Waals surface area contributed by atoms with Gasteiger partial charge in [0.1, 0.15) is 12.1 Å². The van der Waals surface area contributed by atoms with Crippen LogP contribution in [0.5, 0.6) is 5.75 Å². The van der Waals surface area contributed by atoms with Gasteiger partial charge in [-0.3, -0.25) is 14.5 Å². The van der Waals surface area contributed by atoms with Crippen LogP contribution in [-0.4, -0.2) is 48.8 Å². The number of hydroxylamine groups is 1. The Morgan fingerprint density at radius 2 is 2.17 bits per heavy atom. The minimum atomic E-state index is -1.09. The predicted octanol–water partition coefficient (Wildman–Crippen LogP) is 3.74. The van der Waals surface area contributed by atoms with E-state index in [0.29, 0.717) is 25.1 Å². The molecule has 0 aromatic heterocycles. The van der Waals surface area contributed by atoms with Gasteiger partial charge < -0.3 is 9.84 Å². The van der Waals surface area contributed by atoms with E-state index < -0.39 is 17.8 Å². The molecule has 0 saturated carbocycles. The summed E-state index contributed by atoms with van der Waals surface area (Å²) in [4.78, 5) is 19.6. The molecule has 0 radical (unpaired) electrons. The summed E-state index contributed by atoms with van der Waals surface area (Å²) in [5.41, 5.74) is 3.56. The van der Waals surface area contributed by atoms with Crippen molar-refractivity contribution >= 4 is 5.97 Å². The van der Waals surface area contributed by atoms with E-state index in [1.807, 2.05) is 19.9 Å². The van der Waals surface area contributed by atoms with Crippen LogP contribution >= 0.6 is 0 Å². The maximum atomic E-state index is 15.0. The van der Waals surface area contributed by atoms with Gasteiger partial charge in [-0.1, -0.05) is 33.6 Å². The molecule has 7 nitrogen and oxygen atoms in total. The van der Waals surface area contributed by atoms with Crippen molar-refractivity contribution in [3.05, 3.63) is 28.6 Å². The number of halogens is 1. The fraction of sp³-hybridized carbons (Fsp3) is 0.636. The third kappa shape index (κ3) is 5.48. The number of hydrogen-bond acceptors (Lipinski definition) is 6. The van der Waals surface area contributed by atoms with Crippen LogP contribution in [-0.2, 0) is 9.63 Å². The second-order valence-corrected chi connectivity index (χ2v) is 7.91. The third-order valence-corrected chi connectivity index (χ3v) is 5.42. The topological polar surface area (TPSA) is 94.8 Å². The SMILES string of the molecule is CCCCCNOC1CCN([C@H](C(=O)O)c2cc(C(C)C)c(C#N)c(F)c2OC)C1. The highest BCUT2D eigenvalue weighted by atomic mass is 19.1. The molecule has 1 unspecified atom stereocenters. The predicted molar refractivity (Wildman–Crippen MR) is 111 cm³/mol. The first-order chi connectivity index (χ1) is 14.3. The number of hydrogen-bond donors (Lipinski definition) is 2. The van der Waals surface area contributed by atoms with Crippen molar-refractivity contribution in [2.75, 3.05) is 26.7 Å². The highest BCUT2D eigenvalue weighted by Gasteiger charge is 2.37. The maximum absolute atomic E-state index is 15.0.